The van der Waals surface area contributed by atoms with Gasteiger partial charge in [-0.2, -0.15) is 0 Å². The summed E-state index contributed by atoms with van der Waals surface area (Å²) in [5.74, 6) is 0.0396. The van der Waals surface area contributed by atoms with E-state index in [0.29, 0.717) is 6.54 Å². The number of rotatable bonds is 4. The summed E-state index contributed by atoms with van der Waals surface area (Å²) in [6.07, 6.45) is 3.74. The number of aromatic nitrogens is 1. The van der Waals surface area contributed by atoms with Crippen molar-refractivity contribution < 1.29 is 4.79 Å². The lowest BCUT2D eigenvalue weighted by Crippen LogP contribution is -2.30. The van der Waals surface area contributed by atoms with Crippen LogP contribution in [-0.2, 0) is 4.79 Å². The Morgan fingerprint density at radius 3 is 2.74 bits per heavy atom. The second-order valence-corrected chi connectivity index (χ2v) is 9.43. The first kappa shape index (κ1) is 20.2. The number of hydrogen-bond acceptors (Lipinski definition) is 6. The first-order valence-corrected chi connectivity index (χ1v) is 12.0. The lowest BCUT2D eigenvalue weighted by Gasteiger charge is -2.16. The fraction of sp³-hybridized carbons (Fsp3) is 0.208. The van der Waals surface area contributed by atoms with E-state index >= 15 is 0 Å². The Bertz CT molecular complexity index is 1230. The number of amidine groups is 1. The molecule has 0 saturated carbocycles. The van der Waals surface area contributed by atoms with E-state index in [4.69, 9.17) is 4.99 Å². The largest absolute Gasteiger partial charge is 0.337 e. The zero-order chi connectivity index (χ0) is 21.4. The van der Waals surface area contributed by atoms with E-state index in [1.54, 1.807) is 18.0 Å². The van der Waals surface area contributed by atoms with E-state index in [-0.39, 0.29) is 5.91 Å². The fourth-order valence-corrected chi connectivity index (χ4v) is 6.08. The van der Waals surface area contributed by atoms with Gasteiger partial charge in [-0.1, -0.05) is 43.3 Å². The number of carbonyl (C=O) groups excluding carboxylic acids is 1. The first-order valence-electron chi connectivity index (χ1n) is 10.3. The van der Waals surface area contributed by atoms with Crippen molar-refractivity contribution in [3.63, 3.8) is 0 Å². The number of unbranched alkanes of at least 4 members (excludes halogenated alkanes) is 1. The molecule has 0 aliphatic carbocycles. The number of para-hydroxylation sites is 1. The quantitative estimate of drug-likeness (QED) is 0.460. The highest BCUT2D eigenvalue weighted by Gasteiger charge is 2.38. The Morgan fingerprint density at radius 2 is 1.90 bits per heavy atom. The van der Waals surface area contributed by atoms with Crippen LogP contribution in [0.25, 0.3) is 10.9 Å². The number of fused-ring (bicyclic) bond motifs is 2. The van der Waals surface area contributed by atoms with Gasteiger partial charge in [0.15, 0.2) is 5.17 Å². The lowest BCUT2D eigenvalue weighted by molar-refractivity contribution is -0.122. The monoisotopic (exact) mass is 446 g/mol. The third-order valence-electron chi connectivity index (χ3n) is 5.37. The molecule has 0 N–H and O–H groups in total. The number of benzene rings is 2. The molecule has 0 radical (unpaired) electrons. The Labute approximate surface area is 190 Å². The molecule has 5 rings (SSSR count). The van der Waals surface area contributed by atoms with Crippen molar-refractivity contribution in [2.24, 2.45) is 4.99 Å². The number of nitrogens with zero attached hydrogens (tertiary/aromatic N) is 4. The lowest BCUT2D eigenvalue weighted by atomic mass is 10.2. The van der Waals surface area contributed by atoms with Crippen LogP contribution in [0.15, 0.2) is 80.6 Å². The van der Waals surface area contributed by atoms with Gasteiger partial charge in [-0.15, -0.1) is 0 Å². The molecule has 3 aromatic rings. The maximum absolute atomic E-state index is 13.5. The number of anilines is 1. The van der Waals surface area contributed by atoms with E-state index < -0.39 is 0 Å². The van der Waals surface area contributed by atoms with Crippen LogP contribution in [0.4, 0.5) is 11.4 Å². The maximum Gasteiger partial charge on any atom is 0.269 e. The van der Waals surface area contributed by atoms with Crippen molar-refractivity contribution in [1.29, 1.82) is 0 Å². The van der Waals surface area contributed by atoms with Gasteiger partial charge in [0.2, 0.25) is 0 Å². The van der Waals surface area contributed by atoms with Gasteiger partial charge in [-0.25, -0.2) is 4.99 Å². The second kappa shape index (κ2) is 8.40. The Morgan fingerprint density at radius 1 is 1.03 bits per heavy atom. The molecule has 7 heteroatoms. The zero-order valence-corrected chi connectivity index (χ0v) is 19.0. The number of aliphatic imine (C=N–C) groups is 1. The molecule has 2 aliphatic rings. The Balaban J connectivity index is 1.58. The average molecular weight is 447 g/mol. The molecule has 0 atom stereocenters. The first-order chi connectivity index (χ1) is 15.2. The van der Waals surface area contributed by atoms with Crippen LogP contribution < -0.4 is 4.90 Å². The average Bonchev–Trinajstić information content (AvgIpc) is 3.29. The van der Waals surface area contributed by atoms with Crippen LogP contribution in [0.3, 0.4) is 0 Å². The van der Waals surface area contributed by atoms with Crippen LogP contribution in [0, 0.1) is 0 Å². The van der Waals surface area contributed by atoms with Crippen LogP contribution in [0.5, 0.6) is 0 Å². The SMILES string of the molecule is CCCCN1C(=O)/C(=C2/Sc3ccccc3N2C)SC1=Nc1cccc2ncccc12. The summed E-state index contributed by atoms with van der Waals surface area (Å²) >= 11 is 3.13. The van der Waals surface area contributed by atoms with Crippen LogP contribution in [0.1, 0.15) is 19.8 Å². The molecule has 156 valence electrons. The van der Waals surface area contributed by atoms with E-state index in [1.165, 1.54) is 16.7 Å². The van der Waals surface area contributed by atoms with Gasteiger partial charge < -0.3 is 4.90 Å². The summed E-state index contributed by atoms with van der Waals surface area (Å²) in [7, 11) is 2.02. The highest BCUT2D eigenvalue weighted by atomic mass is 32.2. The molecule has 1 aromatic heterocycles. The van der Waals surface area contributed by atoms with Crippen LogP contribution in [0.2, 0.25) is 0 Å². The summed E-state index contributed by atoms with van der Waals surface area (Å²) in [6.45, 7) is 2.81. The van der Waals surface area contributed by atoms with Gasteiger partial charge in [-0.3, -0.25) is 14.7 Å². The predicted molar refractivity (Wildman–Crippen MR) is 131 cm³/mol. The Hall–Kier alpha value is -2.77. The molecule has 2 aromatic carbocycles. The number of hydrogen-bond donors (Lipinski definition) is 0. The number of thioether (sulfide) groups is 2. The van der Waals surface area contributed by atoms with Crippen molar-refractivity contribution in [1.82, 2.24) is 9.88 Å². The van der Waals surface area contributed by atoms with Gasteiger partial charge in [-0.05, 0) is 54.6 Å². The smallest absolute Gasteiger partial charge is 0.269 e. The van der Waals surface area contributed by atoms with E-state index in [2.05, 4.69) is 28.9 Å². The molecule has 1 saturated heterocycles. The molecular weight excluding hydrogens is 424 g/mol. The number of pyridine rings is 1. The van der Waals surface area contributed by atoms with Gasteiger partial charge >= 0.3 is 0 Å². The third kappa shape index (κ3) is 3.62. The summed E-state index contributed by atoms with van der Waals surface area (Å²) in [5, 5.41) is 2.70. The van der Waals surface area contributed by atoms with Crippen molar-refractivity contribution in [2.75, 3.05) is 18.5 Å². The van der Waals surface area contributed by atoms with Crippen LogP contribution in [-0.4, -0.2) is 34.6 Å². The van der Waals surface area contributed by atoms with Gasteiger partial charge in [0.25, 0.3) is 5.91 Å². The predicted octanol–water partition coefficient (Wildman–Crippen LogP) is 6.01. The van der Waals surface area contributed by atoms with Gasteiger partial charge in [0.05, 0.1) is 21.9 Å². The highest BCUT2D eigenvalue weighted by Crippen LogP contribution is 2.50. The second-order valence-electron chi connectivity index (χ2n) is 7.42. The normalized spacial score (nSPS) is 19.7. The van der Waals surface area contributed by atoms with E-state index in [0.717, 1.165) is 50.2 Å². The molecule has 31 heavy (non-hydrogen) atoms. The topological polar surface area (TPSA) is 48.8 Å². The summed E-state index contributed by atoms with van der Waals surface area (Å²) in [4.78, 5) is 28.7. The van der Waals surface area contributed by atoms with Gasteiger partial charge in [0.1, 0.15) is 4.91 Å². The molecule has 0 spiro atoms. The molecule has 2 aliphatic heterocycles. The van der Waals surface area contributed by atoms with Crippen molar-refractivity contribution in [3.05, 3.63) is 70.7 Å². The summed E-state index contributed by atoms with van der Waals surface area (Å²) < 4.78 is 0. The molecule has 1 fully saturated rings. The van der Waals surface area contributed by atoms with E-state index in [9.17, 15) is 4.79 Å². The summed E-state index contributed by atoms with van der Waals surface area (Å²) in [5.41, 5.74) is 2.87. The minimum atomic E-state index is 0.0396. The molecule has 3 heterocycles. The van der Waals surface area contributed by atoms with Crippen molar-refractivity contribution >= 4 is 56.9 Å². The van der Waals surface area contributed by atoms with E-state index in [1.807, 2.05) is 54.4 Å². The third-order valence-corrected chi connectivity index (χ3v) is 7.80. The zero-order valence-electron chi connectivity index (χ0n) is 17.4. The van der Waals surface area contributed by atoms with Crippen molar-refractivity contribution in [3.8, 4) is 0 Å². The Kier molecular flexibility index (Phi) is 5.46. The highest BCUT2D eigenvalue weighted by molar-refractivity contribution is 8.19. The van der Waals surface area contributed by atoms with Crippen molar-refractivity contribution in [2.45, 2.75) is 24.7 Å². The molecule has 0 unspecified atom stereocenters. The standard InChI is InChI=1S/C24H22N4OS2/c1-3-4-15-28-22(29)21(23-27(2)19-12-5-6-13-20(19)30-23)31-24(28)26-18-11-7-10-17-16(18)9-8-14-25-17/h5-14H,3-4,15H2,1-2H3/b23-21-,26-24?. The minimum absolute atomic E-state index is 0.0396. The van der Waals surface area contributed by atoms with Crippen LogP contribution >= 0.6 is 23.5 Å². The minimum Gasteiger partial charge on any atom is -0.337 e. The number of carbonyl (C=O) groups is 1. The number of amides is 1. The molecule has 0 bridgehead atoms. The fourth-order valence-electron chi connectivity index (χ4n) is 3.72. The van der Waals surface area contributed by atoms with Gasteiger partial charge in [0, 0.05) is 30.1 Å². The molecule has 5 nitrogen and oxygen atoms in total. The maximum atomic E-state index is 13.5. The summed E-state index contributed by atoms with van der Waals surface area (Å²) in [6, 6.07) is 18.1. The molecule has 1 amide bonds. The molecular formula is C24H22N4OS2.